The molecule has 3 aromatic rings. The summed E-state index contributed by atoms with van der Waals surface area (Å²) in [6.07, 6.45) is 5.27. The lowest BCUT2D eigenvalue weighted by Gasteiger charge is -2.25. The molecular formula is C20H19ClN4. The van der Waals surface area contributed by atoms with E-state index in [1.807, 2.05) is 24.5 Å². The molecule has 0 spiro atoms. The van der Waals surface area contributed by atoms with Crippen molar-refractivity contribution in [3.63, 3.8) is 0 Å². The molecule has 1 aliphatic heterocycles. The minimum atomic E-state index is 0.760. The Morgan fingerprint density at radius 1 is 0.920 bits per heavy atom. The van der Waals surface area contributed by atoms with Crippen LogP contribution in [0, 0.1) is 0 Å². The Kier molecular flexibility index (Phi) is 4.38. The van der Waals surface area contributed by atoms with E-state index in [0.29, 0.717) is 0 Å². The van der Waals surface area contributed by atoms with E-state index in [9.17, 15) is 0 Å². The van der Waals surface area contributed by atoms with Gasteiger partial charge in [-0.15, -0.1) is 0 Å². The average Bonchev–Trinajstić information content (AvgIpc) is 2.81. The summed E-state index contributed by atoms with van der Waals surface area (Å²) in [6.45, 7) is 2.86. The van der Waals surface area contributed by atoms with E-state index < -0.39 is 0 Å². The second-order valence-corrected chi connectivity index (χ2v) is 6.77. The van der Waals surface area contributed by atoms with Gasteiger partial charge in [0.15, 0.2) is 0 Å². The van der Waals surface area contributed by atoms with Crippen LogP contribution in [0.5, 0.6) is 0 Å². The summed E-state index contributed by atoms with van der Waals surface area (Å²) in [5.74, 6) is 0. The maximum absolute atomic E-state index is 6.06. The lowest BCUT2D eigenvalue weighted by atomic mass is 10.0. The topological polar surface area (TPSA) is 32.3 Å². The van der Waals surface area contributed by atoms with E-state index in [1.54, 1.807) is 6.33 Å². The molecule has 0 unspecified atom stereocenters. The maximum atomic E-state index is 6.06. The fourth-order valence-corrected chi connectivity index (χ4v) is 3.38. The highest BCUT2D eigenvalue weighted by Crippen LogP contribution is 2.34. The Balaban J connectivity index is 1.78. The van der Waals surface area contributed by atoms with Gasteiger partial charge in [-0.25, -0.2) is 9.97 Å². The normalized spacial score (nSPS) is 14.9. The van der Waals surface area contributed by atoms with Crippen LogP contribution in [-0.4, -0.2) is 35.0 Å². The first-order chi connectivity index (χ1) is 12.2. The van der Waals surface area contributed by atoms with Gasteiger partial charge < -0.3 is 9.80 Å². The first-order valence-electron chi connectivity index (χ1n) is 8.31. The van der Waals surface area contributed by atoms with Crippen LogP contribution in [0.15, 0.2) is 61.2 Å². The van der Waals surface area contributed by atoms with Crippen LogP contribution < -0.4 is 4.90 Å². The molecule has 0 saturated carbocycles. The van der Waals surface area contributed by atoms with Crippen molar-refractivity contribution in [1.82, 2.24) is 14.9 Å². The van der Waals surface area contributed by atoms with Crippen molar-refractivity contribution in [3.05, 3.63) is 71.8 Å². The minimum Gasteiger partial charge on any atom is -0.340 e. The minimum absolute atomic E-state index is 0.760. The Morgan fingerprint density at radius 2 is 1.68 bits per heavy atom. The third kappa shape index (κ3) is 3.36. The Bertz CT molecular complexity index is 865. The van der Waals surface area contributed by atoms with E-state index in [0.717, 1.165) is 41.5 Å². The molecule has 25 heavy (non-hydrogen) atoms. The molecule has 2 aromatic carbocycles. The molecule has 0 radical (unpaired) electrons. The van der Waals surface area contributed by atoms with Gasteiger partial charge in [-0.2, -0.15) is 0 Å². The summed E-state index contributed by atoms with van der Waals surface area (Å²) in [7, 11) is 2.16. The molecule has 0 atom stereocenters. The van der Waals surface area contributed by atoms with Crippen LogP contribution in [0.4, 0.5) is 11.4 Å². The predicted octanol–water partition coefficient (Wildman–Crippen LogP) is 4.38. The molecule has 0 bridgehead atoms. The van der Waals surface area contributed by atoms with Crippen LogP contribution >= 0.6 is 11.6 Å². The summed E-state index contributed by atoms with van der Waals surface area (Å²) in [6, 6.07) is 14.6. The number of hydrogen-bond acceptors (Lipinski definition) is 4. The molecule has 2 heterocycles. The molecule has 0 aliphatic carbocycles. The van der Waals surface area contributed by atoms with Crippen molar-refractivity contribution in [2.75, 3.05) is 25.0 Å². The van der Waals surface area contributed by atoms with Gasteiger partial charge in [-0.1, -0.05) is 17.7 Å². The summed E-state index contributed by atoms with van der Waals surface area (Å²) < 4.78 is 0. The summed E-state index contributed by atoms with van der Waals surface area (Å²) in [5, 5.41) is 0.760. The Labute approximate surface area is 152 Å². The number of benzene rings is 2. The van der Waals surface area contributed by atoms with Crippen molar-refractivity contribution in [2.45, 2.75) is 6.54 Å². The van der Waals surface area contributed by atoms with Gasteiger partial charge in [-0.05, 0) is 54.6 Å². The van der Waals surface area contributed by atoms with Crippen LogP contribution in [0.3, 0.4) is 0 Å². The largest absolute Gasteiger partial charge is 0.340 e. The molecular weight excluding hydrogens is 332 g/mol. The second kappa shape index (κ2) is 6.82. The van der Waals surface area contributed by atoms with Crippen molar-refractivity contribution in [1.29, 1.82) is 0 Å². The molecule has 0 fully saturated rings. The van der Waals surface area contributed by atoms with E-state index in [-0.39, 0.29) is 0 Å². The number of fused-ring (bicyclic) bond motifs is 1. The smallest absolute Gasteiger partial charge is 0.115 e. The standard InChI is InChI=1S/C20H19ClN4/c1-24-8-9-25(19-5-3-18(21)4-6-19)20-7-2-15(10-16(20)13-24)17-11-22-14-23-12-17/h2-7,10-12,14H,8-9,13H2,1H3. The van der Waals surface area contributed by atoms with Gasteiger partial charge in [0.2, 0.25) is 0 Å². The number of anilines is 2. The number of likely N-dealkylation sites (N-methyl/N-ethyl adjacent to an activating group) is 1. The molecule has 1 aromatic heterocycles. The predicted molar refractivity (Wildman–Crippen MR) is 102 cm³/mol. The fraction of sp³-hybridized carbons (Fsp3) is 0.200. The molecule has 0 saturated heterocycles. The van der Waals surface area contributed by atoms with Crippen molar-refractivity contribution in [2.24, 2.45) is 0 Å². The van der Waals surface area contributed by atoms with Crippen molar-refractivity contribution < 1.29 is 0 Å². The highest BCUT2D eigenvalue weighted by Gasteiger charge is 2.20. The Morgan fingerprint density at radius 3 is 2.44 bits per heavy atom. The second-order valence-electron chi connectivity index (χ2n) is 6.34. The number of aromatic nitrogens is 2. The molecule has 4 rings (SSSR count). The molecule has 4 nitrogen and oxygen atoms in total. The van der Waals surface area contributed by atoms with Crippen LogP contribution in [0.25, 0.3) is 11.1 Å². The lowest BCUT2D eigenvalue weighted by molar-refractivity contribution is 0.343. The number of hydrogen-bond donors (Lipinski definition) is 0. The highest BCUT2D eigenvalue weighted by molar-refractivity contribution is 6.30. The molecule has 0 amide bonds. The van der Waals surface area contributed by atoms with Gasteiger partial charge >= 0.3 is 0 Å². The first-order valence-corrected chi connectivity index (χ1v) is 8.68. The summed E-state index contributed by atoms with van der Waals surface area (Å²) in [4.78, 5) is 13.0. The van der Waals surface area contributed by atoms with E-state index >= 15 is 0 Å². The highest BCUT2D eigenvalue weighted by atomic mass is 35.5. The number of rotatable bonds is 2. The Hall–Kier alpha value is -2.43. The summed E-state index contributed by atoms with van der Waals surface area (Å²) in [5.41, 5.74) is 5.89. The van der Waals surface area contributed by atoms with Crippen molar-refractivity contribution >= 4 is 23.0 Å². The SMILES string of the molecule is CN1CCN(c2ccc(Cl)cc2)c2ccc(-c3cncnc3)cc2C1. The van der Waals surface area contributed by atoms with E-state index in [4.69, 9.17) is 11.6 Å². The maximum Gasteiger partial charge on any atom is 0.115 e. The third-order valence-electron chi connectivity index (χ3n) is 4.55. The van der Waals surface area contributed by atoms with Crippen molar-refractivity contribution in [3.8, 4) is 11.1 Å². The quantitative estimate of drug-likeness (QED) is 0.686. The molecule has 1 aliphatic rings. The van der Waals surface area contributed by atoms with Gasteiger partial charge in [-0.3, -0.25) is 0 Å². The third-order valence-corrected chi connectivity index (χ3v) is 4.80. The monoisotopic (exact) mass is 350 g/mol. The van der Waals surface area contributed by atoms with Gasteiger partial charge in [0.25, 0.3) is 0 Å². The molecule has 0 N–H and O–H groups in total. The molecule has 126 valence electrons. The number of halogens is 1. The first kappa shape index (κ1) is 16.1. The molecule has 5 heteroatoms. The van der Waals surface area contributed by atoms with Crippen LogP contribution in [-0.2, 0) is 6.54 Å². The zero-order valence-corrected chi connectivity index (χ0v) is 14.8. The van der Waals surface area contributed by atoms with Crippen LogP contribution in [0.2, 0.25) is 5.02 Å². The lowest BCUT2D eigenvalue weighted by Crippen LogP contribution is -2.26. The van der Waals surface area contributed by atoms with E-state index in [1.165, 1.54) is 11.3 Å². The van der Waals surface area contributed by atoms with Crippen LogP contribution in [0.1, 0.15) is 5.56 Å². The van der Waals surface area contributed by atoms with E-state index in [2.05, 4.69) is 57.1 Å². The average molecular weight is 351 g/mol. The zero-order chi connectivity index (χ0) is 17.2. The fourth-order valence-electron chi connectivity index (χ4n) is 3.25. The number of nitrogens with zero attached hydrogens (tertiary/aromatic N) is 4. The summed E-state index contributed by atoms with van der Waals surface area (Å²) >= 11 is 6.06. The zero-order valence-electron chi connectivity index (χ0n) is 14.1. The van der Waals surface area contributed by atoms with Gasteiger partial charge in [0.1, 0.15) is 6.33 Å². The van der Waals surface area contributed by atoms with Gasteiger partial charge in [0, 0.05) is 54.0 Å². The van der Waals surface area contributed by atoms with Gasteiger partial charge in [0.05, 0.1) is 0 Å².